The topological polar surface area (TPSA) is 55.2 Å². The van der Waals surface area contributed by atoms with Crippen LogP contribution >= 0.6 is 11.3 Å². The van der Waals surface area contributed by atoms with Gasteiger partial charge in [-0.2, -0.15) is 0 Å². The minimum atomic E-state index is -0.0116. The third-order valence-corrected chi connectivity index (χ3v) is 7.67. The quantitative estimate of drug-likeness (QED) is 0.350. The fourth-order valence-electron chi connectivity index (χ4n) is 4.70. The molecule has 0 fully saturated rings. The van der Waals surface area contributed by atoms with Gasteiger partial charge in [0, 0.05) is 17.0 Å². The van der Waals surface area contributed by atoms with Crippen LogP contribution in [0, 0.1) is 0 Å². The first-order chi connectivity index (χ1) is 17.2. The summed E-state index contributed by atoms with van der Waals surface area (Å²) in [7, 11) is 0. The summed E-state index contributed by atoms with van der Waals surface area (Å²) in [5.74, 6) is 0.0259. The molecule has 1 aliphatic heterocycles. The number of amides is 1. The molecule has 35 heavy (non-hydrogen) atoms. The van der Waals surface area contributed by atoms with Crippen LogP contribution in [0.25, 0.3) is 21.3 Å². The maximum absolute atomic E-state index is 13.4. The highest BCUT2D eigenvalue weighted by atomic mass is 32.1. The lowest BCUT2D eigenvalue weighted by molar-refractivity contribution is 0.0737. The van der Waals surface area contributed by atoms with Crippen LogP contribution in [0.4, 0.5) is 0 Å². The predicted octanol–water partition coefficient (Wildman–Crippen LogP) is 5.37. The number of fused-ring (bicyclic) bond motifs is 3. The van der Waals surface area contributed by atoms with E-state index in [1.54, 1.807) is 10.9 Å². The fraction of sp³-hybridized carbons (Fsp3) is 0.138. The van der Waals surface area contributed by atoms with Crippen molar-refractivity contribution in [2.75, 3.05) is 6.54 Å². The minimum absolute atomic E-state index is 0.0116. The molecule has 1 aliphatic rings. The summed E-state index contributed by atoms with van der Waals surface area (Å²) in [5.41, 5.74) is 5.10. The average molecular weight is 478 g/mol. The van der Waals surface area contributed by atoms with Crippen molar-refractivity contribution < 1.29 is 4.79 Å². The van der Waals surface area contributed by atoms with E-state index in [2.05, 4.69) is 41.4 Å². The van der Waals surface area contributed by atoms with Crippen LogP contribution in [0.1, 0.15) is 26.4 Å². The molecule has 172 valence electrons. The first-order valence-electron chi connectivity index (χ1n) is 11.7. The molecule has 5 aromatic rings. The van der Waals surface area contributed by atoms with Crippen molar-refractivity contribution in [3.63, 3.8) is 0 Å². The van der Waals surface area contributed by atoms with Crippen LogP contribution in [0.5, 0.6) is 0 Å². The molecule has 2 aromatic heterocycles. The standard InChI is InChI=1S/C29H23N3O2S/c33-28(23-9-5-2-6-10-23)31-16-15-24-25(18-31)35-27-26(24)29(34)32(19-30-27)17-20-11-13-22(14-12-20)21-7-3-1-4-8-21/h1-14,19H,15-18H2. The highest BCUT2D eigenvalue weighted by molar-refractivity contribution is 7.18. The number of hydrogen-bond donors (Lipinski definition) is 0. The van der Waals surface area contributed by atoms with E-state index in [1.807, 2.05) is 53.4 Å². The molecule has 0 atom stereocenters. The number of benzene rings is 3. The lowest BCUT2D eigenvalue weighted by Crippen LogP contribution is -2.35. The molecule has 0 bridgehead atoms. The summed E-state index contributed by atoms with van der Waals surface area (Å²) in [6.07, 6.45) is 2.31. The SMILES string of the molecule is O=C(c1ccccc1)N1CCc2c(sc3ncn(Cc4ccc(-c5ccccc5)cc4)c(=O)c23)C1. The summed E-state index contributed by atoms with van der Waals surface area (Å²) < 4.78 is 1.69. The lowest BCUT2D eigenvalue weighted by atomic mass is 10.0. The highest BCUT2D eigenvalue weighted by Crippen LogP contribution is 2.33. The minimum Gasteiger partial charge on any atom is -0.333 e. The van der Waals surface area contributed by atoms with Crippen LogP contribution in [-0.4, -0.2) is 26.9 Å². The fourth-order valence-corrected chi connectivity index (χ4v) is 5.89. The average Bonchev–Trinajstić information content (AvgIpc) is 3.30. The van der Waals surface area contributed by atoms with Gasteiger partial charge in [-0.25, -0.2) is 4.98 Å². The Hall–Kier alpha value is -4.03. The van der Waals surface area contributed by atoms with Crippen LogP contribution in [0.15, 0.2) is 96.1 Å². The molecular weight excluding hydrogens is 454 g/mol. The van der Waals surface area contributed by atoms with Crippen LogP contribution in [0.3, 0.4) is 0 Å². The molecule has 6 rings (SSSR count). The first-order valence-corrected chi connectivity index (χ1v) is 12.5. The Morgan fingerprint density at radius 1 is 0.886 bits per heavy atom. The van der Waals surface area contributed by atoms with Crippen molar-refractivity contribution in [3.05, 3.63) is 123 Å². The van der Waals surface area contributed by atoms with E-state index in [1.165, 1.54) is 16.9 Å². The van der Waals surface area contributed by atoms with E-state index in [9.17, 15) is 9.59 Å². The van der Waals surface area contributed by atoms with Gasteiger partial charge in [-0.1, -0.05) is 72.8 Å². The molecule has 6 heteroatoms. The van der Waals surface area contributed by atoms with Gasteiger partial charge in [-0.05, 0) is 40.8 Å². The van der Waals surface area contributed by atoms with Crippen LogP contribution in [-0.2, 0) is 19.5 Å². The first kappa shape index (κ1) is 21.5. The molecule has 0 N–H and O–H groups in total. The van der Waals surface area contributed by atoms with Gasteiger partial charge < -0.3 is 4.90 Å². The monoisotopic (exact) mass is 477 g/mol. The Morgan fingerprint density at radius 2 is 1.57 bits per heavy atom. The van der Waals surface area contributed by atoms with E-state index >= 15 is 0 Å². The number of thiophene rings is 1. The smallest absolute Gasteiger partial charge is 0.262 e. The number of carbonyl (C=O) groups is 1. The zero-order valence-electron chi connectivity index (χ0n) is 19.1. The van der Waals surface area contributed by atoms with Gasteiger partial charge in [-0.15, -0.1) is 11.3 Å². The lowest BCUT2D eigenvalue weighted by Gasteiger charge is -2.27. The molecule has 3 aromatic carbocycles. The van der Waals surface area contributed by atoms with Crippen molar-refractivity contribution in [3.8, 4) is 11.1 Å². The second-order valence-electron chi connectivity index (χ2n) is 8.77. The van der Waals surface area contributed by atoms with E-state index in [0.29, 0.717) is 37.0 Å². The Bertz CT molecular complexity index is 1570. The summed E-state index contributed by atoms with van der Waals surface area (Å²) in [5, 5.41) is 0.709. The normalized spacial score (nSPS) is 13.1. The van der Waals surface area contributed by atoms with Gasteiger partial charge in [0.15, 0.2) is 0 Å². The summed E-state index contributed by atoms with van der Waals surface area (Å²) in [4.78, 5) is 34.6. The van der Waals surface area contributed by atoms with Gasteiger partial charge in [0.1, 0.15) is 4.83 Å². The van der Waals surface area contributed by atoms with E-state index in [4.69, 9.17) is 0 Å². The molecule has 0 unspecified atom stereocenters. The van der Waals surface area contributed by atoms with Crippen molar-refractivity contribution in [1.82, 2.24) is 14.5 Å². The van der Waals surface area contributed by atoms with Gasteiger partial charge in [0.2, 0.25) is 0 Å². The maximum atomic E-state index is 13.4. The summed E-state index contributed by atoms with van der Waals surface area (Å²) in [6, 6.07) is 27.9. The Morgan fingerprint density at radius 3 is 2.31 bits per heavy atom. The molecule has 0 saturated carbocycles. The number of hydrogen-bond acceptors (Lipinski definition) is 4. The second-order valence-corrected chi connectivity index (χ2v) is 9.85. The summed E-state index contributed by atoms with van der Waals surface area (Å²) in [6.45, 7) is 1.59. The molecule has 1 amide bonds. The van der Waals surface area contributed by atoms with Gasteiger partial charge in [-0.3, -0.25) is 14.2 Å². The third kappa shape index (κ3) is 4.06. The van der Waals surface area contributed by atoms with Gasteiger partial charge >= 0.3 is 0 Å². The molecule has 0 aliphatic carbocycles. The number of nitrogens with zero attached hydrogens (tertiary/aromatic N) is 3. The third-order valence-electron chi connectivity index (χ3n) is 6.55. The molecule has 0 radical (unpaired) electrons. The number of rotatable bonds is 4. The largest absolute Gasteiger partial charge is 0.333 e. The molecule has 3 heterocycles. The van der Waals surface area contributed by atoms with Crippen molar-refractivity contribution in [1.29, 1.82) is 0 Å². The summed E-state index contributed by atoms with van der Waals surface area (Å²) >= 11 is 1.53. The van der Waals surface area contributed by atoms with Gasteiger partial charge in [0.25, 0.3) is 11.5 Å². The van der Waals surface area contributed by atoms with Crippen LogP contribution < -0.4 is 5.56 Å². The number of carbonyl (C=O) groups excluding carboxylic acids is 1. The maximum Gasteiger partial charge on any atom is 0.262 e. The Kier molecular flexibility index (Phi) is 5.51. The van der Waals surface area contributed by atoms with Crippen molar-refractivity contribution in [2.24, 2.45) is 0 Å². The zero-order valence-corrected chi connectivity index (χ0v) is 19.9. The zero-order chi connectivity index (χ0) is 23.8. The van der Waals surface area contributed by atoms with E-state index < -0.39 is 0 Å². The molecule has 0 saturated heterocycles. The molecule has 0 spiro atoms. The van der Waals surface area contributed by atoms with E-state index in [-0.39, 0.29) is 11.5 Å². The number of aromatic nitrogens is 2. The Labute approximate surface area is 206 Å². The molecule has 5 nitrogen and oxygen atoms in total. The predicted molar refractivity (Wildman–Crippen MR) is 140 cm³/mol. The van der Waals surface area contributed by atoms with E-state index in [0.717, 1.165) is 26.4 Å². The van der Waals surface area contributed by atoms with Crippen molar-refractivity contribution in [2.45, 2.75) is 19.5 Å². The highest BCUT2D eigenvalue weighted by Gasteiger charge is 2.27. The second kappa shape index (κ2) is 8.96. The molecular formula is C29H23N3O2S. The van der Waals surface area contributed by atoms with Crippen LogP contribution in [0.2, 0.25) is 0 Å². The van der Waals surface area contributed by atoms with Gasteiger partial charge in [0.05, 0.1) is 24.8 Å². The van der Waals surface area contributed by atoms with Crippen molar-refractivity contribution >= 4 is 27.5 Å². The Balaban J connectivity index is 1.26.